The van der Waals surface area contributed by atoms with Crippen LogP contribution in [0.2, 0.25) is 0 Å². The molecule has 7 nitrogen and oxygen atoms in total. The molecule has 1 aliphatic rings. The van der Waals surface area contributed by atoms with Crippen LogP contribution in [0.4, 0.5) is 10.8 Å². The van der Waals surface area contributed by atoms with Gasteiger partial charge < -0.3 is 14.7 Å². The average Bonchev–Trinajstić information content (AvgIpc) is 3.45. The first-order chi connectivity index (χ1) is 18.7. The Balaban J connectivity index is 1.69. The van der Waals surface area contributed by atoms with Crippen LogP contribution in [0.3, 0.4) is 0 Å². The van der Waals surface area contributed by atoms with Gasteiger partial charge in [0.25, 0.3) is 5.78 Å². The van der Waals surface area contributed by atoms with Crippen LogP contribution < -0.4 is 14.5 Å². The summed E-state index contributed by atoms with van der Waals surface area (Å²) in [6.45, 7) is 6.54. The summed E-state index contributed by atoms with van der Waals surface area (Å²) < 4.78 is 6.68. The Morgan fingerprint density at radius 3 is 2.51 bits per heavy atom. The van der Waals surface area contributed by atoms with E-state index in [2.05, 4.69) is 0 Å². The molecule has 2 heterocycles. The number of aryl methyl sites for hydroxylation is 2. The lowest BCUT2D eigenvalue weighted by molar-refractivity contribution is -0.132. The van der Waals surface area contributed by atoms with E-state index >= 15 is 0 Å². The number of fused-ring (bicyclic) bond motifs is 1. The number of aromatic nitrogens is 1. The molecule has 1 aliphatic heterocycles. The van der Waals surface area contributed by atoms with Crippen molar-refractivity contribution in [1.82, 2.24) is 4.98 Å². The van der Waals surface area contributed by atoms with E-state index in [4.69, 9.17) is 9.72 Å². The first-order valence-corrected chi connectivity index (χ1v) is 13.7. The summed E-state index contributed by atoms with van der Waals surface area (Å²) in [5, 5.41) is 11.9. The molecular weight excluding hydrogens is 510 g/mol. The molecule has 200 valence electrons. The second-order valence-electron chi connectivity index (χ2n) is 9.96. The lowest BCUT2D eigenvalue weighted by atomic mass is 9.95. The molecule has 0 saturated carbocycles. The zero-order valence-electron chi connectivity index (χ0n) is 22.7. The Morgan fingerprint density at radius 1 is 1.08 bits per heavy atom. The van der Waals surface area contributed by atoms with E-state index in [0.29, 0.717) is 28.6 Å². The van der Waals surface area contributed by atoms with Gasteiger partial charge in [-0.2, -0.15) is 0 Å². The van der Waals surface area contributed by atoms with Gasteiger partial charge in [0.15, 0.2) is 5.13 Å². The van der Waals surface area contributed by atoms with Crippen molar-refractivity contribution in [3.63, 3.8) is 0 Å². The molecule has 39 heavy (non-hydrogen) atoms. The number of ketones is 1. The summed E-state index contributed by atoms with van der Waals surface area (Å²) in [5.41, 5.74) is 5.00. The zero-order valence-corrected chi connectivity index (χ0v) is 23.5. The minimum atomic E-state index is -0.844. The number of rotatable bonds is 7. The predicted octanol–water partition coefficient (Wildman–Crippen LogP) is 6.39. The Morgan fingerprint density at radius 2 is 1.82 bits per heavy atom. The monoisotopic (exact) mass is 541 g/mol. The van der Waals surface area contributed by atoms with E-state index in [1.807, 2.05) is 76.2 Å². The van der Waals surface area contributed by atoms with Gasteiger partial charge in [-0.05, 0) is 67.3 Å². The Kier molecular flexibility index (Phi) is 7.14. The Bertz CT molecular complexity index is 1600. The number of carbonyl (C=O) groups is 2. The molecule has 0 bridgehead atoms. The summed E-state index contributed by atoms with van der Waals surface area (Å²) in [6.07, 6.45) is 0.839. The maximum atomic E-state index is 13.6. The molecule has 8 heteroatoms. The van der Waals surface area contributed by atoms with E-state index in [9.17, 15) is 14.7 Å². The predicted molar refractivity (Wildman–Crippen MR) is 157 cm³/mol. The summed E-state index contributed by atoms with van der Waals surface area (Å²) >= 11 is 1.37. The van der Waals surface area contributed by atoms with Crippen LogP contribution in [0.15, 0.2) is 66.2 Å². The molecule has 1 unspecified atom stereocenters. The Hall–Kier alpha value is -4.17. The van der Waals surface area contributed by atoms with Gasteiger partial charge in [0.05, 0.1) is 28.4 Å². The van der Waals surface area contributed by atoms with Crippen molar-refractivity contribution >= 4 is 49.8 Å². The number of amides is 1. The van der Waals surface area contributed by atoms with Crippen LogP contribution in [0.1, 0.15) is 41.6 Å². The third-order valence-electron chi connectivity index (χ3n) is 6.77. The van der Waals surface area contributed by atoms with Crippen LogP contribution in [-0.2, 0) is 9.59 Å². The topological polar surface area (TPSA) is 83.0 Å². The highest BCUT2D eigenvalue weighted by molar-refractivity contribution is 7.22. The number of anilines is 2. The van der Waals surface area contributed by atoms with Crippen LogP contribution in [0, 0.1) is 13.8 Å². The average molecular weight is 542 g/mol. The molecule has 0 radical (unpaired) electrons. The van der Waals surface area contributed by atoms with E-state index in [0.717, 1.165) is 33.5 Å². The molecule has 3 aromatic carbocycles. The molecule has 5 rings (SSSR count). The van der Waals surface area contributed by atoms with Crippen molar-refractivity contribution in [3.8, 4) is 5.75 Å². The second kappa shape index (κ2) is 10.5. The van der Waals surface area contributed by atoms with Crippen molar-refractivity contribution in [1.29, 1.82) is 0 Å². The van der Waals surface area contributed by atoms with Gasteiger partial charge in [0.1, 0.15) is 11.5 Å². The lowest BCUT2D eigenvalue weighted by Gasteiger charge is -2.23. The SMILES string of the molecule is CCCOc1cccc(/C(O)=C2\C(=O)C(=O)N(c3nc4c(C)cc(C)cc4s3)C2c2ccc(N(C)C)cc2)c1. The fraction of sp³-hybridized carbons (Fsp3) is 0.258. The normalized spacial score (nSPS) is 16.7. The first kappa shape index (κ1) is 26.4. The number of hydrogen-bond acceptors (Lipinski definition) is 7. The number of carbonyl (C=O) groups excluding carboxylic acids is 2. The molecule has 4 aromatic rings. The highest BCUT2D eigenvalue weighted by Crippen LogP contribution is 2.45. The minimum Gasteiger partial charge on any atom is -0.507 e. The van der Waals surface area contributed by atoms with Gasteiger partial charge in [-0.25, -0.2) is 4.98 Å². The molecule has 1 atom stereocenters. The lowest BCUT2D eigenvalue weighted by Crippen LogP contribution is -2.29. The van der Waals surface area contributed by atoms with E-state index in [1.165, 1.54) is 16.2 Å². The van der Waals surface area contributed by atoms with Gasteiger partial charge in [-0.1, -0.05) is 48.6 Å². The quantitative estimate of drug-likeness (QED) is 0.166. The zero-order chi connectivity index (χ0) is 27.8. The molecule has 1 fully saturated rings. The van der Waals surface area contributed by atoms with Gasteiger partial charge >= 0.3 is 5.91 Å². The fourth-order valence-electron chi connectivity index (χ4n) is 4.87. The van der Waals surface area contributed by atoms with Gasteiger partial charge in [-0.15, -0.1) is 0 Å². The number of nitrogens with zero attached hydrogens (tertiary/aromatic N) is 3. The van der Waals surface area contributed by atoms with Gasteiger partial charge in [0.2, 0.25) is 0 Å². The number of hydrogen-bond donors (Lipinski definition) is 1. The standard InChI is InChI=1S/C31H31N3O4S/c1-6-14-38-23-9-7-8-21(17-23)28(35)25-27(20-10-12-22(13-11-20)33(4)5)34(30(37)29(25)36)31-32-26-19(3)15-18(2)16-24(26)39-31/h7-13,15-17,27,35H,6,14H2,1-5H3/b28-25+. The van der Waals surface area contributed by atoms with E-state index in [1.54, 1.807) is 24.3 Å². The van der Waals surface area contributed by atoms with Crippen molar-refractivity contribution < 1.29 is 19.4 Å². The first-order valence-electron chi connectivity index (χ1n) is 12.9. The number of aliphatic hydroxyl groups is 1. The highest BCUT2D eigenvalue weighted by atomic mass is 32.1. The van der Waals surface area contributed by atoms with Gasteiger partial charge in [0, 0.05) is 25.3 Å². The van der Waals surface area contributed by atoms with Crippen molar-refractivity contribution in [2.45, 2.75) is 33.2 Å². The second-order valence-corrected chi connectivity index (χ2v) is 11.0. The maximum absolute atomic E-state index is 13.6. The van der Waals surface area contributed by atoms with E-state index in [-0.39, 0.29) is 11.3 Å². The van der Waals surface area contributed by atoms with E-state index < -0.39 is 17.7 Å². The molecular formula is C31H31N3O4S. The number of ether oxygens (including phenoxy) is 1. The van der Waals surface area contributed by atoms with Crippen molar-refractivity contribution in [2.24, 2.45) is 0 Å². The molecule has 1 saturated heterocycles. The molecule has 0 aliphatic carbocycles. The number of Topliss-reactive ketones (excluding diaryl/α,β-unsaturated/α-hetero) is 1. The van der Waals surface area contributed by atoms with Crippen LogP contribution >= 0.6 is 11.3 Å². The van der Waals surface area contributed by atoms with Crippen LogP contribution in [0.25, 0.3) is 16.0 Å². The maximum Gasteiger partial charge on any atom is 0.301 e. The molecule has 1 N–H and O–H groups in total. The third kappa shape index (κ3) is 4.88. The summed E-state index contributed by atoms with van der Waals surface area (Å²) in [4.78, 5) is 35.4. The highest BCUT2D eigenvalue weighted by Gasteiger charge is 2.48. The third-order valence-corrected chi connectivity index (χ3v) is 7.78. The summed E-state index contributed by atoms with van der Waals surface area (Å²) in [5.74, 6) is -1.13. The molecule has 1 aromatic heterocycles. The summed E-state index contributed by atoms with van der Waals surface area (Å²) in [7, 11) is 3.89. The number of thiazole rings is 1. The van der Waals surface area contributed by atoms with Crippen LogP contribution in [0.5, 0.6) is 5.75 Å². The fourth-order valence-corrected chi connectivity index (χ4v) is 6.04. The van der Waals surface area contributed by atoms with Crippen LogP contribution in [-0.4, -0.2) is 42.5 Å². The largest absolute Gasteiger partial charge is 0.507 e. The Labute approximate surface area is 232 Å². The van der Waals surface area contributed by atoms with Crippen molar-refractivity contribution in [3.05, 3.63) is 88.5 Å². The summed E-state index contributed by atoms with van der Waals surface area (Å²) in [6, 6.07) is 17.8. The minimum absolute atomic E-state index is 0.0254. The van der Waals surface area contributed by atoms with Gasteiger partial charge in [-0.3, -0.25) is 14.5 Å². The van der Waals surface area contributed by atoms with Crippen molar-refractivity contribution in [2.75, 3.05) is 30.5 Å². The molecule has 0 spiro atoms. The smallest absolute Gasteiger partial charge is 0.301 e. The number of aliphatic hydroxyl groups excluding tert-OH is 1. The molecule has 1 amide bonds. The number of benzene rings is 3.